The van der Waals surface area contributed by atoms with Gasteiger partial charge in [0.15, 0.2) is 0 Å². The Morgan fingerprint density at radius 3 is 2.60 bits per heavy atom. The molecule has 1 aliphatic rings. The van der Waals surface area contributed by atoms with Crippen LogP contribution in [0.4, 0.5) is 13.2 Å². The molecule has 0 aliphatic carbocycles. The summed E-state index contributed by atoms with van der Waals surface area (Å²) in [5.74, 6) is -0.966. The molecule has 0 atom stereocenters. The summed E-state index contributed by atoms with van der Waals surface area (Å²) >= 11 is 2.94. The standard InChI is InChI=1S/C15H8BrF3N2O3S/c1-21-15(18,19)13-12(25(21,22)23)3-2-11(14(13)16)24-10-5-8(7-20)4-9(17)6-10/h2-6H,1H3. The van der Waals surface area contributed by atoms with Crippen LogP contribution in [0.3, 0.4) is 0 Å². The van der Waals surface area contributed by atoms with E-state index in [2.05, 4.69) is 15.9 Å². The molecule has 3 rings (SSSR count). The highest BCUT2D eigenvalue weighted by atomic mass is 79.9. The van der Waals surface area contributed by atoms with Gasteiger partial charge in [-0.1, -0.05) is 0 Å². The highest BCUT2D eigenvalue weighted by Crippen LogP contribution is 2.51. The molecule has 0 radical (unpaired) electrons. The molecule has 2 aromatic rings. The van der Waals surface area contributed by atoms with Crippen LogP contribution in [0.15, 0.2) is 39.7 Å². The third-order valence-corrected chi connectivity index (χ3v) is 6.26. The van der Waals surface area contributed by atoms with Gasteiger partial charge in [0.1, 0.15) is 17.3 Å². The molecule has 1 aliphatic heterocycles. The van der Waals surface area contributed by atoms with Crippen molar-refractivity contribution >= 4 is 26.0 Å². The largest absolute Gasteiger partial charge is 0.456 e. The smallest absolute Gasteiger partial charge is 0.346 e. The van der Waals surface area contributed by atoms with Gasteiger partial charge in [-0.25, -0.2) is 12.8 Å². The molecule has 2 aromatic carbocycles. The highest BCUT2D eigenvalue weighted by Gasteiger charge is 2.55. The molecule has 0 saturated heterocycles. The zero-order valence-electron chi connectivity index (χ0n) is 12.4. The predicted octanol–water partition coefficient (Wildman–Crippen LogP) is 3.94. The van der Waals surface area contributed by atoms with Gasteiger partial charge in [0.05, 0.1) is 26.6 Å². The molecule has 0 N–H and O–H groups in total. The Balaban J connectivity index is 2.13. The van der Waals surface area contributed by atoms with Crippen LogP contribution in [0.5, 0.6) is 11.5 Å². The molecule has 0 amide bonds. The second kappa shape index (κ2) is 5.72. The topological polar surface area (TPSA) is 70.4 Å². The summed E-state index contributed by atoms with van der Waals surface area (Å²) in [7, 11) is -3.55. The van der Waals surface area contributed by atoms with Crippen LogP contribution < -0.4 is 4.74 Å². The first-order chi connectivity index (χ1) is 11.6. The summed E-state index contributed by atoms with van der Waals surface area (Å²) in [6, 6.07) is 3.32. The monoisotopic (exact) mass is 432 g/mol. The van der Waals surface area contributed by atoms with Crippen LogP contribution in [0.2, 0.25) is 0 Å². The van der Waals surface area contributed by atoms with E-state index in [1.54, 1.807) is 6.07 Å². The summed E-state index contributed by atoms with van der Waals surface area (Å²) in [6.45, 7) is 0. The van der Waals surface area contributed by atoms with Gasteiger partial charge >= 0.3 is 6.05 Å². The lowest BCUT2D eigenvalue weighted by atomic mass is 10.1. The lowest BCUT2D eigenvalue weighted by Gasteiger charge is -2.18. The normalized spacial score (nSPS) is 17.8. The Labute approximate surface area is 149 Å². The molecule has 1 heterocycles. The maximum Gasteiger partial charge on any atom is 0.346 e. The van der Waals surface area contributed by atoms with Crippen LogP contribution in [0, 0.1) is 17.1 Å². The number of fused-ring (bicyclic) bond motifs is 1. The van der Waals surface area contributed by atoms with E-state index in [0.29, 0.717) is 0 Å². The van der Waals surface area contributed by atoms with Gasteiger partial charge in [-0.3, -0.25) is 0 Å². The minimum absolute atomic E-state index is 0.0140. The van der Waals surface area contributed by atoms with Gasteiger partial charge in [-0.2, -0.15) is 14.0 Å². The number of hydrogen-bond donors (Lipinski definition) is 0. The number of rotatable bonds is 2. The average molecular weight is 433 g/mol. The van der Waals surface area contributed by atoms with Gasteiger partial charge in [-0.15, -0.1) is 4.31 Å². The van der Waals surface area contributed by atoms with Gasteiger partial charge in [0, 0.05) is 13.1 Å². The van der Waals surface area contributed by atoms with Crippen molar-refractivity contribution in [3.05, 3.63) is 51.7 Å². The molecule has 0 fully saturated rings. The van der Waals surface area contributed by atoms with Crippen LogP contribution in [-0.2, 0) is 16.1 Å². The number of ether oxygens (including phenoxy) is 1. The van der Waals surface area contributed by atoms with E-state index in [0.717, 1.165) is 25.2 Å². The maximum atomic E-state index is 14.3. The molecule has 0 saturated carbocycles. The fraction of sp³-hybridized carbons (Fsp3) is 0.133. The summed E-state index contributed by atoms with van der Waals surface area (Å²) < 4.78 is 71.3. The predicted molar refractivity (Wildman–Crippen MR) is 84.2 cm³/mol. The Hall–Kier alpha value is -2.09. The first-order valence-electron chi connectivity index (χ1n) is 6.67. The third-order valence-electron chi connectivity index (χ3n) is 3.63. The van der Waals surface area contributed by atoms with Crippen LogP contribution in [-0.4, -0.2) is 19.8 Å². The molecule has 0 unspecified atom stereocenters. The molecule has 130 valence electrons. The quantitative estimate of drug-likeness (QED) is 0.673. The summed E-state index contributed by atoms with van der Waals surface area (Å²) in [6.07, 6.45) is 0. The van der Waals surface area contributed by atoms with Crippen molar-refractivity contribution in [1.82, 2.24) is 4.31 Å². The Morgan fingerprint density at radius 2 is 1.96 bits per heavy atom. The minimum Gasteiger partial charge on any atom is -0.456 e. The van der Waals surface area contributed by atoms with Crippen LogP contribution in [0.1, 0.15) is 11.1 Å². The van der Waals surface area contributed by atoms with Crippen LogP contribution >= 0.6 is 15.9 Å². The van der Waals surface area contributed by atoms with Crippen molar-refractivity contribution in [2.45, 2.75) is 10.9 Å². The first kappa shape index (κ1) is 17.7. The molecule has 0 aromatic heterocycles. The number of hydrogen-bond acceptors (Lipinski definition) is 4. The highest BCUT2D eigenvalue weighted by molar-refractivity contribution is 9.10. The van der Waals surface area contributed by atoms with Crippen LogP contribution in [0.25, 0.3) is 0 Å². The van der Waals surface area contributed by atoms with Gasteiger partial charge in [0.2, 0.25) is 10.0 Å². The Bertz CT molecular complexity index is 1040. The average Bonchev–Trinajstić information content (AvgIpc) is 2.67. The van der Waals surface area contributed by atoms with E-state index >= 15 is 0 Å². The van der Waals surface area contributed by atoms with E-state index < -0.39 is 32.3 Å². The maximum absolute atomic E-state index is 14.3. The third kappa shape index (κ3) is 2.68. The molecule has 25 heavy (non-hydrogen) atoms. The molecule has 10 heteroatoms. The van der Waals surface area contributed by atoms with Gasteiger partial charge in [0.25, 0.3) is 0 Å². The van der Waals surface area contributed by atoms with E-state index in [4.69, 9.17) is 10.00 Å². The van der Waals surface area contributed by atoms with Crippen molar-refractivity contribution in [1.29, 1.82) is 5.26 Å². The van der Waals surface area contributed by atoms with E-state index in [1.165, 1.54) is 12.1 Å². The fourth-order valence-corrected chi connectivity index (χ4v) is 4.59. The minimum atomic E-state index is -4.33. The van der Waals surface area contributed by atoms with Gasteiger partial charge < -0.3 is 4.74 Å². The molecule has 0 spiro atoms. The Morgan fingerprint density at radius 1 is 1.28 bits per heavy atom. The van der Waals surface area contributed by atoms with Crippen molar-refractivity contribution in [3.8, 4) is 17.6 Å². The fourth-order valence-electron chi connectivity index (χ4n) is 2.38. The van der Waals surface area contributed by atoms with Crippen molar-refractivity contribution in [3.63, 3.8) is 0 Å². The number of benzene rings is 2. The van der Waals surface area contributed by atoms with E-state index in [9.17, 15) is 21.6 Å². The zero-order valence-corrected chi connectivity index (χ0v) is 14.8. The second-order valence-corrected chi connectivity index (χ2v) is 7.88. The van der Waals surface area contributed by atoms with Crippen molar-refractivity contribution in [2.24, 2.45) is 0 Å². The molecule has 0 bridgehead atoms. The number of sulfonamides is 1. The second-order valence-electron chi connectivity index (χ2n) is 5.15. The summed E-state index contributed by atoms with van der Waals surface area (Å²) in [5, 5.41) is 8.84. The van der Waals surface area contributed by atoms with Gasteiger partial charge in [-0.05, 0) is 40.2 Å². The van der Waals surface area contributed by atoms with Crippen molar-refractivity contribution in [2.75, 3.05) is 7.05 Å². The van der Waals surface area contributed by atoms with E-state index in [-0.39, 0.29) is 25.8 Å². The molecular weight excluding hydrogens is 425 g/mol. The van der Waals surface area contributed by atoms with E-state index in [1.807, 2.05) is 0 Å². The number of alkyl halides is 2. The zero-order chi connectivity index (χ0) is 18.6. The SMILES string of the molecule is CN1C(F)(F)c2c(ccc(Oc3cc(F)cc(C#N)c3)c2Br)S1(=O)=O. The Kier molecular flexibility index (Phi) is 4.06. The lowest BCUT2D eigenvalue weighted by Crippen LogP contribution is -2.33. The summed E-state index contributed by atoms with van der Waals surface area (Å²) in [5.41, 5.74) is -0.774. The first-order valence-corrected chi connectivity index (χ1v) is 8.90. The van der Waals surface area contributed by atoms with Crippen molar-refractivity contribution < 1.29 is 26.3 Å². The number of nitrogens with zero attached hydrogens (tertiary/aromatic N) is 2. The number of halogens is 4. The summed E-state index contributed by atoms with van der Waals surface area (Å²) in [4.78, 5) is -0.545. The number of nitriles is 1. The molecular formula is C15H8BrF3N2O3S. The molecule has 5 nitrogen and oxygen atoms in total. The lowest BCUT2D eigenvalue weighted by molar-refractivity contribution is -0.0927.